The van der Waals surface area contributed by atoms with E-state index in [1.807, 2.05) is 34.6 Å². The van der Waals surface area contributed by atoms with E-state index in [0.29, 0.717) is 0 Å². The fraction of sp³-hybridized carbons (Fsp3) is 0.833. The van der Waals surface area contributed by atoms with Crippen LogP contribution < -0.4 is 10.6 Å². The van der Waals surface area contributed by atoms with Crippen molar-refractivity contribution in [2.45, 2.75) is 40.7 Å². The number of carbonyl (C=O) groups is 2. The van der Waals surface area contributed by atoms with Gasteiger partial charge in [0.1, 0.15) is 0 Å². The summed E-state index contributed by atoms with van der Waals surface area (Å²) in [5.41, 5.74) is -0.403. The average molecular weight is 228 g/mol. The largest absolute Gasteiger partial charge is 0.348 e. The Kier molecular flexibility index (Phi) is 5.65. The molecular weight excluding hydrogens is 204 g/mol. The Morgan fingerprint density at radius 3 is 2.00 bits per heavy atom. The van der Waals surface area contributed by atoms with Crippen LogP contribution in [0.4, 0.5) is 0 Å². The van der Waals surface area contributed by atoms with Crippen LogP contribution in [0, 0.1) is 11.3 Å². The Bertz CT molecular complexity index is 254. The lowest BCUT2D eigenvalue weighted by molar-refractivity contribution is -0.130. The van der Waals surface area contributed by atoms with E-state index < -0.39 is 5.41 Å². The summed E-state index contributed by atoms with van der Waals surface area (Å²) in [6, 6.07) is -0.243. The zero-order chi connectivity index (χ0) is 12.9. The third kappa shape index (κ3) is 4.75. The first-order valence-electron chi connectivity index (χ1n) is 5.68. The van der Waals surface area contributed by atoms with E-state index in [1.54, 1.807) is 7.05 Å². The molecule has 94 valence electrons. The van der Waals surface area contributed by atoms with Crippen molar-refractivity contribution >= 4 is 11.7 Å². The van der Waals surface area contributed by atoms with Crippen molar-refractivity contribution in [1.29, 1.82) is 0 Å². The summed E-state index contributed by atoms with van der Waals surface area (Å²) in [5, 5.41) is 5.61. The second-order valence-corrected chi connectivity index (χ2v) is 5.40. The van der Waals surface area contributed by atoms with Gasteiger partial charge in [-0.2, -0.15) is 0 Å². The molecule has 0 heterocycles. The van der Waals surface area contributed by atoms with Crippen LogP contribution in [0.5, 0.6) is 0 Å². The molecule has 0 unspecified atom stereocenters. The van der Waals surface area contributed by atoms with Gasteiger partial charge < -0.3 is 10.6 Å². The molecule has 0 saturated heterocycles. The quantitative estimate of drug-likeness (QED) is 0.737. The molecule has 4 heteroatoms. The van der Waals surface area contributed by atoms with E-state index in [9.17, 15) is 9.59 Å². The Morgan fingerprint density at radius 1 is 1.19 bits per heavy atom. The van der Waals surface area contributed by atoms with Gasteiger partial charge in [-0.05, 0) is 13.0 Å². The molecule has 0 rings (SSSR count). The van der Waals surface area contributed by atoms with E-state index in [0.717, 1.165) is 0 Å². The van der Waals surface area contributed by atoms with Crippen LogP contribution in [-0.4, -0.2) is 31.3 Å². The molecule has 0 aliphatic carbocycles. The number of rotatable bonds is 5. The third-order valence-electron chi connectivity index (χ3n) is 2.52. The number of hydrogen-bond acceptors (Lipinski definition) is 3. The van der Waals surface area contributed by atoms with Gasteiger partial charge in [-0.1, -0.05) is 34.6 Å². The SMILES string of the molecule is CN[C@H](C(=O)NCC(=O)C(C)(C)C)C(C)C. The van der Waals surface area contributed by atoms with Crippen molar-refractivity contribution in [3.8, 4) is 0 Å². The molecule has 1 amide bonds. The smallest absolute Gasteiger partial charge is 0.237 e. The third-order valence-corrected chi connectivity index (χ3v) is 2.52. The van der Waals surface area contributed by atoms with Crippen molar-refractivity contribution in [2.75, 3.05) is 13.6 Å². The Labute approximate surface area is 98.2 Å². The molecule has 0 bridgehead atoms. The van der Waals surface area contributed by atoms with E-state index in [2.05, 4.69) is 10.6 Å². The van der Waals surface area contributed by atoms with Gasteiger partial charge in [0.25, 0.3) is 0 Å². The molecule has 4 nitrogen and oxygen atoms in total. The van der Waals surface area contributed by atoms with Crippen LogP contribution in [0.15, 0.2) is 0 Å². The predicted octanol–water partition coefficient (Wildman–Crippen LogP) is 0.962. The van der Waals surface area contributed by atoms with Crippen LogP contribution in [0.2, 0.25) is 0 Å². The van der Waals surface area contributed by atoms with Gasteiger partial charge in [0.05, 0.1) is 12.6 Å². The first kappa shape index (κ1) is 15.1. The zero-order valence-electron chi connectivity index (χ0n) is 11.2. The molecule has 0 aromatic heterocycles. The minimum absolute atomic E-state index is 0.0412. The Balaban J connectivity index is 4.22. The molecule has 0 aromatic rings. The first-order valence-corrected chi connectivity index (χ1v) is 5.68. The van der Waals surface area contributed by atoms with Gasteiger partial charge in [-0.3, -0.25) is 9.59 Å². The average Bonchev–Trinajstić information content (AvgIpc) is 2.12. The number of nitrogens with one attached hydrogen (secondary N) is 2. The maximum Gasteiger partial charge on any atom is 0.237 e. The molecule has 0 aliphatic rings. The lowest BCUT2D eigenvalue weighted by Gasteiger charge is -2.21. The fourth-order valence-electron chi connectivity index (χ4n) is 1.31. The molecule has 0 fully saturated rings. The molecule has 1 atom stereocenters. The number of likely N-dealkylation sites (N-methyl/N-ethyl adjacent to an activating group) is 1. The predicted molar refractivity (Wildman–Crippen MR) is 65.2 cm³/mol. The summed E-state index contributed by atoms with van der Waals surface area (Å²) < 4.78 is 0. The van der Waals surface area contributed by atoms with E-state index in [1.165, 1.54) is 0 Å². The van der Waals surface area contributed by atoms with Gasteiger partial charge in [-0.15, -0.1) is 0 Å². The second kappa shape index (κ2) is 5.99. The van der Waals surface area contributed by atoms with Gasteiger partial charge in [0, 0.05) is 5.41 Å². The monoisotopic (exact) mass is 228 g/mol. The van der Waals surface area contributed by atoms with Gasteiger partial charge >= 0.3 is 0 Å². The van der Waals surface area contributed by atoms with Crippen LogP contribution >= 0.6 is 0 Å². The number of ketones is 1. The Morgan fingerprint density at radius 2 is 1.69 bits per heavy atom. The molecule has 2 N–H and O–H groups in total. The summed E-state index contributed by atoms with van der Waals surface area (Å²) >= 11 is 0. The molecule has 0 saturated carbocycles. The minimum atomic E-state index is -0.403. The maximum atomic E-state index is 11.7. The van der Waals surface area contributed by atoms with Crippen LogP contribution in [-0.2, 0) is 9.59 Å². The van der Waals surface area contributed by atoms with Crippen molar-refractivity contribution in [2.24, 2.45) is 11.3 Å². The summed E-state index contributed by atoms with van der Waals surface area (Å²) in [7, 11) is 1.75. The van der Waals surface area contributed by atoms with Crippen LogP contribution in [0.3, 0.4) is 0 Å². The van der Waals surface area contributed by atoms with Crippen LogP contribution in [0.1, 0.15) is 34.6 Å². The molecular formula is C12H24N2O2. The molecule has 0 radical (unpaired) electrons. The zero-order valence-corrected chi connectivity index (χ0v) is 11.2. The lowest BCUT2D eigenvalue weighted by atomic mass is 9.91. The van der Waals surface area contributed by atoms with Crippen molar-refractivity contribution in [1.82, 2.24) is 10.6 Å². The Hall–Kier alpha value is -0.900. The lowest BCUT2D eigenvalue weighted by Crippen LogP contribution is -2.48. The summed E-state index contributed by atoms with van der Waals surface area (Å²) in [4.78, 5) is 23.3. The summed E-state index contributed by atoms with van der Waals surface area (Å²) in [6.45, 7) is 9.57. The highest BCUT2D eigenvalue weighted by molar-refractivity contribution is 5.90. The van der Waals surface area contributed by atoms with Crippen molar-refractivity contribution < 1.29 is 9.59 Å². The van der Waals surface area contributed by atoms with Crippen molar-refractivity contribution in [3.05, 3.63) is 0 Å². The molecule has 0 aliphatic heterocycles. The van der Waals surface area contributed by atoms with E-state index in [4.69, 9.17) is 0 Å². The summed E-state index contributed by atoms with van der Waals surface area (Å²) in [6.07, 6.45) is 0. The minimum Gasteiger partial charge on any atom is -0.348 e. The second-order valence-electron chi connectivity index (χ2n) is 5.40. The van der Waals surface area contributed by atoms with Gasteiger partial charge in [0.2, 0.25) is 5.91 Å². The standard InChI is InChI=1S/C12H24N2O2/c1-8(2)10(13-6)11(16)14-7-9(15)12(3,4)5/h8,10,13H,7H2,1-6H3,(H,14,16)/t10-/m0/s1. The van der Waals surface area contributed by atoms with E-state index in [-0.39, 0.29) is 30.2 Å². The summed E-state index contributed by atoms with van der Waals surface area (Å²) in [5.74, 6) is 0.129. The van der Waals surface area contributed by atoms with Gasteiger partial charge in [-0.25, -0.2) is 0 Å². The molecule has 16 heavy (non-hydrogen) atoms. The highest BCUT2D eigenvalue weighted by atomic mass is 16.2. The number of hydrogen-bond donors (Lipinski definition) is 2. The fourth-order valence-corrected chi connectivity index (χ4v) is 1.31. The maximum absolute atomic E-state index is 11.7. The van der Waals surface area contributed by atoms with Crippen molar-refractivity contribution in [3.63, 3.8) is 0 Å². The highest BCUT2D eigenvalue weighted by Crippen LogP contribution is 2.13. The number of Topliss-reactive ketones (excluding diaryl/α,β-unsaturated/α-hetero) is 1. The van der Waals surface area contributed by atoms with Gasteiger partial charge in [0.15, 0.2) is 5.78 Å². The van der Waals surface area contributed by atoms with Crippen LogP contribution in [0.25, 0.3) is 0 Å². The number of amides is 1. The normalized spacial score (nSPS) is 13.7. The molecule has 0 aromatic carbocycles. The molecule has 0 spiro atoms. The topological polar surface area (TPSA) is 58.2 Å². The highest BCUT2D eigenvalue weighted by Gasteiger charge is 2.24. The first-order chi connectivity index (χ1) is 7.20. The van der Waals surface area contributed by atoms with E-state index >= 15 is 0 Å². The number of carbonyl (C=O) groups excluding carboxylic acids is 2.